The molecule has 5 heteroatoms. The smallest absolute Gasteiger partial charge is 0.167 e. The highest BCUT2D eigenvalue weighted by Crippen LogP contribution is 2.17. The topological polar surface area (TPSA) is 27.1 Å². The van der Waals surface area contributed by atoms with Crippen LogP contribution < -0.4 is 0 Å². The minimum Gasteiger partial charge on any atom is -0.378 e. The maximum absolute atomic E-state index is 5.30. The Kier molecular flexibility index (Phi) is 3.48. The van der Waals surface area contributed by atoms with Gasteiger partial charge in [0, 0.05) is 18.2 Å². The van der Waals surface area contributed by atoms with E-state index in [0.717, 1.165) is 21.2 Å². The van der Waals surface area contributed by atoms with E-state index in [-0.39, 0.29) is 0 Å². The van der Waals surface area contributed by atoms with Crippen molar-refractivity contribution < 1.29 is 4.74 Å². The number of thiazole rings is 1. The number of hydrogen-bond donors (Lipinski definition) is 0. The van der Waals surface area contributed by atoms with E-state index in [9.17, 15) is 0 Å². The normalized spacial score (nSPS) is 10.6. The number of ether oxygens (including phenoxy) is 1. The van der Waals surface area contributed by atoms with Crippen LogP contribution in [0, 0.1) is 10.9 Å². The molecule has 16 heavy (non-hydrogen) atoms. The second kappa shape index (κ2) is 4.86. The second-order valence-electron chi connectivity index (χ2n) is 3.40. The molecule has 0 atom stereocenters. The van der Waals surface area contributed by atoms with Crippen LogP contribution in [0.25, 0.3) is 5.82 Å². The van der Waals surface area contributed by atoms with Gasteiger partial charge in [-0.2, -0.15) is 0 Å². The van der Waals surface area contributed by atoms with E-state index >= 15 is 0 Å². The Morgan fingerprint density at radius 2 is 2.31 bits per heavy atom. The van der Waals surface area contributed by atoms with Gasteiger partial charge < -0.3 is 4.74 Å². The number of pyridine rings is 1. The van der Waals surface area contributed by atoms with Gasteiger partial charge in [-0.3, -0.25) is 4.57 Å². The molecule has 2 aromatic rings. The lowest BCUT2D eigenvalue weighted by molar-refractivity contribution is 0.180. The molecule has 2 rings (SSSR count). The van der Waals surface area contributed by atoms with E-state index in [1.807, 2.05) is 35.1 Å². The van der Waals surface area contributed by atoms with Gasteiger partial charge in [-0.05, 0) is 31.3 Å². The SMILES string of the molecule is COCc1csc(=S)n1-c1cccc(C)n1. The third-order valence-electron chi connectivity index (χ3n) is 2.16. The van der Waals surface area contributed by atoms with Crippen LogP contribution in [0.2, 0.25) is 0 Å². The fraction of sp³-hybridized carbons (Fsp3) is 0.273. The maximum atomic E-state index is 5.30. The Labute approximate surface area is 103 Å². The van der Waals surface area contributed by atoms with Crippen molar-refractivity contribution in [3.8, 4) is 5.82 Å². The summed E-state index contributed by atoms with van der Waals surface area (Å²) in [7, 11) is 1.68. The third kappa shape index (κ3) is 2.21. The largest absolute Gasteiger partial charge is 0.378 e. The molecule has 0 amide bonds. The first-order chi connectivity index (χ1) is 7.72. The predicted octanol–water partition coefficient (Wildman–Crippen LogP) is 3.12. The number of rotatable bonds is 3. The molecule has 2 aromatic heterocycles. The number of aryl methyl sites for hydroxylation is 1. The summed E-state index contributed by atoms with van der Waals surface area (Å²) < 4.78 is 7.90. The van der Waals surface area contributed by atoms with E-state index < -0.39 is 0 Å². The van der Waals surface area contributed by atoms with Crippen LogP contribution in [0.3, 0.4) is 0 Å². The lowest BCUT2D eigenvalue weighted by Crippen LogP contribution is -2.03. The van der Waals surface area contributed by atoms with Crippen LogP contribution >= 0.6 is 23.6 Å². The quantitative estimate of drug-likeness (QED) is 0.785. The molecule has 2 heterocycles. The number of methoxy groups -OCH3 is 1. The number of hydrogen-bond acceptors (Lipinski definition) is 4. The van der Waals surface area contributed by atoms with Crippen LogP contribution in [-0.4, -0.2) is 16.7 Å². The highest BCUT2D eigenvalue weighted by atomic mass is 32.1. The molecule has 0 aliphatic rings. The summed E-state index contributed by atoms with van der Waals surface area (Å²) in [5.74, 6) is 0.860. The zero-order valence-electron chi connectivity index (χ0n) is 9.14. The minimum atomic E-state index is 0.544. The van der Waals surface area contributed by atoms with Crippen molar-refractivity contribution in [2.75, 3.05) is 7.11 Å². The Hall–Kier alpha value is -1.04. The molecule has 3 nitrogen and oxygen atoms in total. The predicted molar refractivity (Wildman–Crippen MR) is 67.7 cm³/mol. The fourth-order valence-electron chi connectivity index (χ4n) is 1.48. The summed E-state index contributed by atoms with van der Waals surface area (Å²) in [5, 5.41) is 2.01. The molecule has 0 saturated heterocycles. The zero-order chi connectivity index (χ0) is 11.5. The molecule has 0 unspecified atom stereocenters. The summed E-state index contributed by atoms with van der Waals surface area (Å²) >= 11 is 6.83. The molecule has 0 saturated carbocycles. The molecule has 0 aliphatic carbocycles. The van der Waals surface area contributed by atoms with Crippen molar-refractivity contribution in [3.05, 3.63) is 38.9 Å². The lowest BCUT2D eigenvalue weighted by Gasteiger charge is -2.07. The molecule has 0 aliphatic heterocycles. The highest BCUT2D eigenvalue weighted by molar-refractivity contribution is 7.73. The molecule has 0 aromatic carbocycles. The van der Waals surface area contributed by atoms with Crippen molar-refractivity contribution in [3.63, 3.8) is 0 Å². The number of nitrogens with zero attached hydrogens (tertiary/aromatic N) is 2. The number of aromatic nitrogens is 2. The maximum Gasteiger partial charge on any atom is 0.167 e. The molecule has 0 bridgehead atoms. The van der Waals surface area contributed by atoms with Gasteiger partial charge in [0.1, 0.15) is 5.82 Å². The van der Waals surface area contributed by atoms with Crippen LogP contribution in [0.1, 0.15) is 11.4 Å². The van der Waals surface area contributed by atoms with Crippen molar-refractivity contribution in [2.24, 2.45) is 0 Å². The zero-order valence-corrected chi connectivity index (χ0v) is 10.8. The van der Waals surface area contributed by atoms with Gasteiger partial charge in [-0.1, -0.05) is 6.07 Å². The standard InChI is InChI=1S/C11H12N2OS2/c1-8-4-3-5-10(12-8)13-9(6-14-2)7-16-11(13)15/h3-5,7H,6H2,1-2H3. The van der Waals surface area contributed by atoms with Crippen LogP contribution in [-0.2, 0) is 11.3 Å². The molecule has 0 radical (unpaired) electrons. The molecule has 0 spiro atoms. The van der Waals surface area contributed by atoms with E-state index in [0.29, 0.717) is 6.61 Å². The molecular formula is C11H12N2OS2. The van der Waals surface area contributed by atoms with E-state index in [1.165, 1.54) is 11.3 Å². The minimum absolute atomic E-state index is 0.544. The first-order valence-electron chi connectivity index (χ1n) is 4.85. The van der Waals surface area contributed by atoms with E-state index in [1.54, 1.807) is 7.11 Å². The van der Waals surface area contributed by atoms with Crippen LogP contribution in [0.4, 0.5) is 0 Å². The summed E-state index contributed by atoms with van der Waals surface area (Å²) in [6.45, 7) is 2.51. The van der Waals surface area contributed by atoms with Crippen molar-refractivity contribution in [1.82, 2.24) is 9.55 Å². The van der Waals surface area contributed by atoms with Gasteiger partial charge >= 0.3 is 0 Å². The van der Waals surface area contributed by atoms with Crippen molar-refractivity contribution >= 4 is 23.6 Å². The summed E-state index contributed by atoms with van der Waals surface area (Å²) in [6.07, 6.45) is 0. The summed E-state index contributed by atoms with van der Waals surface area (Å²) in [5.41, 5.74) is 2.02. The Morgan fingerprint density at radius 1 is 1.50 bits per heavy atom. The highest BCUT2D eigenvalue weighted by Gasteiger charge is 2.07. The van der Waals surface area contributed by atoms with E-state index in [4.69, 9.17) is 17.0 Å². The van der Waals surface area contributed by atoms with Gasteiger partial charge in [-0.25, -0.2) is 4.98 Å². The summed E-state index contributed by atoms with van der Waals surface area (Å²) in [4.78, 5) is 4.47. The Bertz CT molecular complexity index is 545. The van der Waals surface area contributed by atoms with Gasteiger partial charge in [0.25, 0.3) is 0 Å². The molecule has 84 valence electrons. The monoisotopic (exact) mass is 252 g/mol. The van der Waals surface area contributed by atoms with Crippen LogP contribution in [0.15, 0.2) is 23.6 Å². The first kappa shape index (κ1) is 11.4. The van der Waals surface area contributed by atoms with Crippen molar-refractivity contribution in [1.29, 1.82) is 0 Å². The Morgan fingerprint density at radius 3 is 3.00 bits per heavy atom. The second-order valence-corrected chi connectivity index (χ2v) is 4.90. The first-order valence-corrected chi connectivity index (χ1v) is 6.13. The van der Waals surface area contributed by atoms with Crippen molar-refractivity contribution in [2.45, 2.75) is 13.5 Å². The molecule has 0 N–H and O–H groups in total. The van der Waals surface area contributed by atoms with Gasteiger partial charge in [0.05, 0.1) is 12.3 Å². The fourth-order valence-corrected chi connectivity index (χ4v) is 2.56. The lowest BCUT2D eigenvalue weighted by atomic mass is 10.3. The van der Waals surface area contributed by atoms with E-state index in [2.05, 4.69) is 4.98 Å². The van der Waals surface area contributed by atoms with Gasteiger partial charge in [-0.15, -0.1) is 11.3 Å². The molecular weight excluding hydrogens is 240 g/mol. The average Bonchev–Trinajstić information content (AvgIpc) is 2.60. The van der Waals surface area contributed by atoms with Gasteiger partial charge in [0.15, 0.2) is 3.95 Å². The van der Waals surface area contributed by atoms with Gasteiger partial charge in [0.2, 0.25) is 0 Å². The van der Waals surface area contributed by atoms with Crippen LogP contribution in [0.5, 0.6) is 0 Å². The molecule has 0 fully saturated rings. The summed E-state index contributed by atoms with van der Waals surface area (Å²) in [6, 6.07) is 5.90. The third-order valence-corrected chi connectivity index (χ3v) is 3.41. The Balaban J connectivity index is 2.54. The average molecular weight is 252 g/mol.